The molecule has 5 heteroatoms. The molecule has 0 saturated carbocycles. The van der Waals surface area contributed by atoms with Gasteiger partial charge in [-0.25, -0.2) is 0 Å². The summed E-state index contributed by atoms with van der Waals surface area (Å²) >= 11 is 0. The van der Waals surface area contributed by atoms with E-state index in [1.807, 2.05) is 53.6 Å². The Morgan fingerprint density at radius 3 is 2.69 bits per heavy atom. The average molecular weight is 349 g/mol. The molecule has 4 rings (SSSR count). The number of hydrogen-bond acceptors (Lipinski definition) is 3. The molecule has 1 aromatic heterocycles. The van der Waals surface area contributed by atoms with Crippen LogP contribution < -0.4 is 4.90 Å². The number of carbonyl (C=O) groups excluding carboxylic acids is 2. The Bertz CT molecular complexity index is 778. The first-order valence-corrected chi connectivity index (χ1v) is 9.30. The predicted molar refractivity (Wildman–Crippen MR) is 99.4 cm³/mol. The largest absolute Gasteiger partial charge is 0.335 e. The Balaban J connectivity index is 1.52. The summed E-state index contributed by atoms with van der Waals surface area (Å²) in [5.41, 5.74) is 1.96. The van der Waals surface area contributed by atoms with Crippen molar-refractivity contribution in [3.63, 3.8) is 0 Å². The molecule has 2 saturated heterocycles. The molecular formula is C21H23N3O2. The van der Waals surface area contributed by atoms with Gasteiger partial charge in [-0.15, -0.1) is 0 Å². The minimum atomic E-state index is -0.264. The van der Waals surface area contributed by atoms with Gasteiger partial charge in [0.25, 0.3) is 0 Å². The Hall–Kier alpha value is -2.69. The number of para-hydroxylation sites is 1. The fraction of sp³-hybridized carbons (Fsp3) is 0.381. The number of anilines is 1. The normalized spacial score (nSPS) is 23.3. The van der Waals surface area contributed by atoms with Crippen LogP contribution in [0.1, 0.15) is 37.3 Å². The Labute approximate surface area is 153 Å². The van der Waals surface area contributed by atoms with Crippen LogP contribution in [0, 0.1) is 5.92 Å². The molecule has 134 valence electrons. The van der Waals surface area contributed by atoms with Crippen molar-refractivity contribution < 1.29 is 9.59 Å². The topological polar surface area (TPSA) is 53.5 Å². The number of likely N-dealkylation sites (tertiary alicyclic amines) is 1. The molecule has 2 amide bonds. The summed E-state index contributed by atoms with van der Waals surface area (Å²) in [5, 5.41) is 0. The number of nitrogens with zero attached hydrogens (tertiary/aromatic N) is 3. The van der Waals surface area contributed by atoms with E-state index in [1.165, 1.54) is 0 Å². The molecule has 3 heterocycles. The fourth-order valence-corrected chi connectivity index (χ4v) is 4.08. The third kappa shape index (κ3) is 3.21. The maximum atomic E-state index is 13.2. The van der Waals surface area contributed by atoms with Crippen molar-refractivity contribution in [2.24, 2.45) is 5.92 Å². The van der Waals surface area contributed by atoms with Crippen LogP contribution in [0.25, 0.3) is 0 Å². The lowest BCUT2D eigenvalue weighted by atomic mass is 9.94. The predicted octanol–water partition coefficient (Wildman–Crippen LogP) is 3.19. The van der Waals surface area contributed by atoms with Gasteiger partial charge in [-0.05, 0) is 43.0 Å². The molecule has 0 N–H and O–H groups in total. The van der Waals surface area contributed by atoms with Crippen LogP contribution in [-0.4, -0.2) is 34.8 Å². The van der Waals surface area contributed by atoms with Crippen LogP contribution in [0.5, 0.6) is 0 Å². The van der Waals surface area contributed by atoms with Gasteiger partial charge >= 0.3 is 0 Å². The highest BCUT2D eigenvalue weighted by molar-refractivity contribution is 6.00. The zero-order chi connectivity index (χ0) is 17.9. The van der Waals surface area contributed by atoms with Crippen LogP contribution in [-0.2, 0) is 9.59 Å². The van der Waals surface area contributed by atoms with E-state index in [0.29, 0.717) is 13.0 Å². The lowest BCUT2D eigenvalue weighted by Gasteiger charge is -2.37. The van der Waals surface area contributed by atoms with E-state index in [4.69, 9.17) is 0 Å². The van der Waals surface area contributed by atoms with Crippen LogP contribution in [0.15, 0.2) is 54.9 Å². The van der Waals surface area contributed by atoms with Crippen LogP contribution in [0.4, 0.5) is 5.69 Å². The summed E-state index contributed by atoms with van der Waals surface area (Å²) in [6.07, 6.45) is 7.00. The van der Waals surface area contributed by atoms with Crippen molar-refractivity contribution in [1.29, 1.82) is 0 Å². The standard InChI is InChI=1S/C21H23N3O2/c25-20-13-17(15-24(20)18-8-2-1-3-9-18)21(26)23-12-5-4-10-19(23)16-7-6-11-22-14-16/h1-3,6-9,11,14,17,19H,4-5,10,12-13,15H2/t17-,19-/m1/s1. The quantitative estimate of drug-likeness (QED) is 0.855. The highest BCUT2D eigenvalue weighted by Crippen LogP contribution is 2.34. The van der Waals surface area contributed by atoms with Crippen LogP contribution in [0.2, 0.25) is 0 Å². The summed E-state index contributed by atoms with van der Waals surface area (Å²) in [6.45, 7) is 1.23. The monoisotopic (exact) mass is 349 g/mol. The van der Waals surface area contributed by atoms with E-state index < -0.39 is 0 Å². The zero-order valence-corrected chi connectivity index (χ0v) is 14.8. The van der Waals surface area contributed by atoms with Crippen molar-refractivity contribution in [3.05, 3.63) is 60.4 Å². The van der Waals surface area contributed by atoms with Crippen LogP contribution >= 0.6 is 0 Å². The second-order valence-electron chi connectivity index (χ2n) is 7.07. The van der Waals surface area contributed by atoms with Crippen molar-refractivity contribution in [3.8, 4) is 0 Å². The number of hydrogen-bond donors (Lipinski definition) is 0. The molecule has 2 aliphatic heterocycles. The number of aromatic nitrogens is 1. The smallest absolute Gasteiger partial charge is 0.228 e. The van der Waals surface area contributed by atoms with Crippen molar-refractivity contribution in [1.82, 2.24) is 9.88 Å². The molecule has 2 aliphatic rings. The SMILES string of the molecule is O=C1C[C@@H](C(=O)N2CCCC[C@@H]2c2cccnc2)CN1c1ccccc1. The number of benzene rings is 1. The maximum absolute atomic E-state index is 13.2. The van der Waals surface area contributed by atoms with Gasteiger partial charge in [-0.2, -0.15) is 0 Å². The van der Waals surface area contributed by atoms with Gasteiger partial charge in [-0.1, -0.05) is 24.3 Å². The molecule has 2 aromatic rings. The van der Waals surface area contributed by atoms with E-state index in [-0.39, 0.29) is 23.8 Å². The molecular weight excluding hydrogens is 326 g/mol. The summed E-state index contributed by atoms with van der Waals surface area (Å²) in [6, 6.07) is 13.6. The molecule has 2 fully saturated rings. The Kier molecular flexibility index (Phi) is 4.69. The van der Waals surface area contributed by atoms with E-state index >= 15 is 0 Å². The van der Waals surface area contributed by atoms with E-state index in [0.717, 1.165) is 37.1 Å². The fourth-order valence-electron chi connectivity index (χ4n) is 4.08. The van der Waals surface area contributed by atoms with Gasteiger partial charge in [0.15, 0.2) is 0 Å². The highest BCUT2D eigenvalue weighted by Gasteiger charge is 2.39. The highest BCUT2D eigenvalue weighted by atomic mass is 16.2. The molecule has 2 atom stereocenters. The molecule has 26 heavy (non-hydrogen) atoms. The van der Waals surface area contributed by atoms with E-state index in [2.05, 4.69) is 4.98 Å². The first-order valence-electron chi connectivity index (χ1n) is 9.30. The third-order valence-electron chi connectivity index (χ3n) is 5.40. The summed E-state index contributed by atoms with van der Waals surface area (Å²) in [5.74, 6) is -0.130. The Morgan fingerprint density at radius 2 is 1.92 bits per heavy atom. The zero-order valence-electron chi connectivity index (χ0n) is 14.8. The summed E-state index contributed by atoms with van der Waals surface area (Å²) < 4.78 is 0. The van der Waals surface area contributed by atoms with Crippen molar-refractivity contribution >= 4 is 17.5 Å². The molecule has 0 bridgehead atoms. The minimum absolute atomic E-state index is 0.0319. The first kappa shape index (κ1) is 16.8. The molecule has 5 nitrogen and oxygen atoms in total. The maximum Gasteiger partial charge on any atom is 0.228 e. The van der Waals surface area contributed by atoms with Gasteiger partial charge in [-0.3, -0.25) is 14.6 Å². The number of carbonyl (C=O) groups is 2. The molecule has 0 radical (unpaired) electrons. The second-order valence-corrected chi connectivity index (χ2v) is 7.07. The van der Waals surface area contributed by atoms with Gasteiger partial charge in [0, 0.05) is 37.6 Å². The summed E-state index contributed by atoms with van der Waals surface area (Å²) in [7, 11) is 0. The number of pyridine rings is 1. The van der Waals surface area contributed by atoms with E-state index in [1.54, 1.807) is 11.1 Å². The van der Waals surface area contributed by atoms with Crippen LogP contribution in [0.3, 0.4) is 0 Å². The molecule has 1 aromatic carbocycles. The number of amides is 2. The average Bonchev–Trinajstić information content (AvgIpc) is 3.10. The molecule has 0 spiro atoms. The van der Waals surface area contributed by atoms with Crippen molar-refractivity contribution in [2.75, 3.05) is 18.0 Å². The second kappa shape index (κ2) is 7.28. The molecule has 0 aliphatic carbocycles. The lowest BCUT2D eigenvalue weighted by Crippen LogP contribution is -2.42. The van der Waals surface area contributed by atoms with Crippen molar-refractivity contribution in [2.45, 2.75) is 31.7 Å². The third-order valence-corrected chi connectivity index (χ3v) is 5.40. The van der Waals surface area contributed by atoms with Gasteiger partial charge < -0.3 is 9.80 Å². The summed E-state index contributed by atoms with van der Waals surface area (Å²) in [4.78, 5) is 33.6. The van der Waals surface area contributed by atoms with E-state index in [9.17, 15) is 9.59 Å². The minimum Gasteiger partial charge on any atom is -0.335 e. The molecule has 0 unspecified atom stereocenters. The lowest BCUT2D eigenvalue weighted by molar-refractivity contribution is -0.139. The number of piperidine rings is 1. The first-order chi connectivity index (χ1) is 12.7. The van der Waals surface area contributed by atoms with Gasteiger partial charge in [0.05, 0.1) is 12.0 Å². The van der Waals surface area contributed by atoms with Gasteiger partial charge in [0.1, 0.15) is 0 Å². The number of rotatable bonds is 3. The van der Waals surface area contributed by atoms with Gasteiger partial charge in [0.2, 0.25) is 11.8 Å². The Morgan fingerprint density at radius 1 is 1.08 bits per heavy atom.